The lowest BCUT2D eigenvalue weighted by Gasteiger charge is -2.09. The fraction of sp³-hybridized carbons (Fsp3) is 0.533. The van der Waals surface area contributed by atoms with E-state index in [1.165, 1.54) is 0 Å². The second-order valence-electron chi connectivity index (χ2n) is 5.21. The van der Waals surface area contributed by atoms with Gasteiger partial charge < -0.3 is 15.3 Å². The number of phenolic OH excluding ortho intramolecular Hbond substituents is 1. The molecule has 0 unspecified atom stereocenters. The molecular formula is C15H21NO6. The summed E-state index contributed by atoms with van der Waals surface area (Å²) in [5.74, 6) is -3.25. The lowest BCUT2D eigenvalue weighted by atomic mass is 9.99. The number of aromatic carboxylic acids is 1. The molecule has 122 valence electrons. The summed E-state index contributed by atoms with van der Waals surface area (Å²) in [5, 5.41) is 39.3. The van der Waals surface area contributed by atoms with Gasteiger partial charge in [0.25, 0.3) is 5.69 Å². The van der Waals surface area contributed by atoms with E-state index in [4.69, 9.17) is 5.11 Å². The normalized spacial score (nSPS) is 10.6. The van der Waals surface area contributed by atoms with E-state index >= 15 is 0 Å². The van der Waals surface area contributed by atoms with Crippen molar-refractivity contribution < 1.29 is 25.0 Å². The van der Waals surface area contributed by atoms with E-state index in [1.54, 1.807) is 0 Å². The summed E-state index contributed by atoms with van der Waals surface area (Å²) in [6.45, 7) is 2.11. The van der Waals surface area contributed by atoms with Crippen LogP contribution in [-0.2, 0) is 6.42 Å². The van der Waals surface area contributed by atoms with Crippen LogP contribution >= 0.6 is 0 Å². The second-order valence-corrected chi connectivity index (χ2v) is 5.21. The first-order valence-corrected chi connectivity index (χ1v) is 7.35. The highest BCUT2D eigenvalue weighted by Crippen LogP contribution is 2.39. The first-order valence-electron chi connectivity index (χ1n) is 7.35. The molecule has 0 spiro atoms. The van der Waals surface area contributed by atoms with E-state index in [0.29, 0.717) is 6.42 Å². The molecule has 1 aromatic rings. The predicted molar refractivity (Wildman–Crippen MR) is 80.5 cm³/mol. The highest BCUT2D eigenvalue weighted by Gasteiger charge is 2.30. The van der Waals surface area contributed by atoms with E-state index in [1.807, 2.05) is 0 Å². The number of nitrogens with zero attached hydrogens (tertiary/aromatic N) is 1. The van der Waals surface area contributed by atoms with Crippen molar-refractivity contribution in [3.05, 3.63) is 27.3 Å². The maximum atomic E-state index is 11.1. The standard InChI is InChI=1S/C15H21NO6/c1-2-3-4-5-6-7-8-10-9-11(17)14(18)12(15(19)20)13(10)16(21)22/h9,17-18H,2-8H2,1H3,(H,19,20). The summed E-state index contributed by atoms with van der Waals surface area (Å²) in [4.78, 5) is 21.4. The molecular weight excluding hydrogens is 290 g/mol. The van der Waals surface area contributed by atoms with Gasteiger partial charge in [-0.3, -0.25) is 10.1 Å². The molecule has 0 bridgehead atoms. The first kappa shape index (κ1) is 17.7. The molecule has 0 radical (unpaired) electrons. The zero-order valence-corrected chi connectivity index (χ0v) is 12.5. The molecule has 1 aromatic carbocycles. The number of hydrogen-bond donors (Lipinski definition) is 3. The molecule has 1 rings (SSSR count). The average molecular weight is 311 g/mol. The number of phenols is 2. The maximum Gasteiger partial charge on any atom is 0.346 e. The minimum atomic E-state index is -1.63. The van der Waals surface area contributed by atoms with Gasteiger partial charge in [-0.15, -0.1) is 0 Å². The fourth-order valence-corrected chi connectivity index (χ4v) is 2.40. The molecule has 0 fully saturated rings. The molecule has 0 aliphatic carbocycles. The molecule has 0 amide bonds. The van der Waals surface area contributed by atoms with Crippen LogP contribution in [-0.4, -0.2) is 26.2 Å². The Morgan fingerprint density at radius 1 is 1.18 bits per heavy atom. The monoisotopic (exact) mass is 311 g/mol. The average Bonchev–Trinajstić information content (AvgIpc) is 2.44. The molecule has 0 heterocycles. The number of hydrogen-bond acceptors (Lipinski definition) is 5. The molecule has 0 atom stereocenters. The zero-order chi connectivity index (χ0) is 16.7. The van der Waals surface area contributed by atoms with Gasteiger partial charge in [0.15, 0.2) is 17.1 Å². The van der Waals surface area contributed by atoms with Gasteiger partial charge in [0.1, 0.15) is 0 Å². The molecule has 0 aliphatic heterocycles. The minimum absolute atomic E-state index is 0.133. The van der Waals surface area contributed by atoms with Crippen LogP contribution in [0.2, 0.25) is 0 Å². The highest BCUT2D eigenvalue weighted by molar-refractivity contribution is 5.97. The lowest BCUT2D eigenvalue weighted by Crippen LogP contribution is -2.07. The molecule has 3 N–H and O–H groups in total. The number of nitro groups is 1. The van der Waals surface area contributed by atoms with Gasteiger partial charge in [0, 0.05) is 5.56 Å². The van der Waals surface area contributed by atoms with Crippen molar-refractivity contribution in [2.75, 3.05) is 0 Å². The lowest BCUT2D eigenvalue weighted by molar-refractivity contribution is -0.386. The van der Waals surface area contributed by atoms with Crippen LogP contribution in [0.15, 0.2) is 6.07 Å². The van der Waals surface area contributed by atoms with Crippen molar-refractivity contribution in [2.45, 2.75) is 51.9 Å². The third kappa shape index (κ3) is 4.34. The molecule has 0 saturated carbocycles. The Bertz CT molecular complexity index is 555. The van der Waals surface area contributed by atoms with Crippen LogP contribution in [0, 0.1) is 10.1 Å². The Labute approximate surface area is 128 Å². The number of nitro benzene ring substituents is 1. The van der Waals surface area contributed by atoms with Gasteiger partial charge in [-0.25, -0.2) is 4.79 Å². The summed E-state index contributed by atoms with van der Waals surface area (Å²) in [5.41, 5.74) is -1.37. The number of benzene rings is 1. The number of aromatic hydroxyl groups is 2. The maximum absolute atomic E-state index is 11.1. The van der Waals surface area contributed by atoms with E-state index in [0.717, 1.165) is 38.2 Å². The van der Waals surface area contributed by atoms with Gasteiger partial charge in [-0.05, 0) is 18.9 Å². The molecule has 7 nitrogen and oxygen atoms in total. The summed E-state index contributed by atoms with van der Waals surface area (Å²) >= 11 is 0. The van der Waals surface area contributed by atoms with Crippen molar-refractivity contribution in [1.29, 1.82) is 0 Å². The summed E-state index contributed by atoms with van der Waals surface area (Å²) in [6, 6.07) is 1.08. The van der Waals surface area contributed by atoms with Gasteiger partial charge >= 0.3 is 5.97 Å². The molecule has 0 aromatic heterocycles. The van der Waals surface area contributed by atoms with Crippen molar-refractivity contribution >= 4 is 11.7 Å². The van der Waals surface area contributed by atoms with Crippen molar-refractivity contribution in [3.63, 3.8) is 0 Å². The second kappa shape index (κ2) is 8.21. The molecule has 7 heteroatoms. The Hall–Kier alpha value is -2.31. The fourth-order valence-electron chi connectivity index (χ4n) is 2.40. The van der Waals surface area contributed by atoms with Crippen LogP contribution in [0.3, 0.4) is 0 Å². The Morgan fingerprint density at radius 3 is 2.32 bits per heavy atom. The van der Waals surface area contributed by atoms with Crippen molar-refractivity contribution in [3.8, 4) is 11.5 Å². The SMILES string of the molecule is CCCCCCCCc1cc(O)c(O)c(C(=O)O)c1[N+](=O)[O-]. The van der Waals surface area contributed by atoms with Crippen LogP contribution in [0.1, 0.15) is 61.4 Å². The van der Waals surface area contributed by atoms with E-state index in [2.05, 4.69) is 6.92 Å². The number of carbonyl (C=O) groups is 1. The molecule has 0 saturated heterocycles. The molecule has 22 heavy (non-hydrogen) atoms. The number of unbranched alkanes of at least 4 members (excludes halogenated alkanes) is 5. The van der Waals surface area contributed by atoms with Crippen molar-refractivity contribution in [2.24, 2.45) is 0 Å². The van der Waals surface area contributed by atoms with Crippen LogP contribution in [0.5, 0.6) is 11.5 Å². The Balaban J connectivity index is 2.94. The van der Waals surface area contributed by atoms with E-state index < -0.39 is 33.6 Å². The summed E-state index contributed by atoms with van der Waals surface area (Å²) in [6.07, 6.45) is 6.20. The molecule has 0 aliphatic rings. The van der Waals surface area contributed by atoms with Crippen LogP contribution in [0.25, 0.3) is 0 Å². The Morgan fingerprint density at radius 2 is 1.77 bits per heavy atom. The van der Waals surface area contributed by atoms with Gasteiger partial charge in [0.05, 0.1) is 4.92 Å². The largest absolute Gasteiger partial charge is 0.504 e. The number of aryl methyl sites for hydroxylation is 1. The summed E-state index contributed by atoms with van der Waals surface area (Å²) in [7, 11) is 0. The van der Waals surface area contributed by atoms with Crippen molar-refractivity contribution in [1.82, 2.24) is 0 Å². The first-order chi connectivity index (χ1) is 10.4. The van der Waals surface area contributed by atoms with Crippen LogP contribution in [0.4, 0.5) is 5.69 Å². The summed E-state index contributed by atoms with van der Waals surface area (Å²) < 4.78 is 0. The number of carboxylic acid groups (broad SMARTS) is 1. The predicted octanol–water partition coefficient (Wildman–Crippen LogP) is 3.61. The van der Waals surface area contributed by atoms with Gasteiger partial charge in [-0.1, -0.05) is 39.0 Å². The smallest absolute Gasteiger partial charge is 0.346 e. The van der Waals surface area contributed by atoms with Gasteiger partial charge in [0.2, 0.25) is 0 Å². The van der Waals surface area contributed by atoms with E-state index in [9.17, 15) is 25.1 Å². The highest BCUT2D eigenvalue weighted by atomic mass is 16.6. The third-order valence-electron chi connectivity index (χ3n) is 3.53. The zero-order valence-electron chi connectivity index (χ0n) is 12.5. The number of carboxylic acids is 1. The Kier molecular flexibility index (Phi) is 6.62. The third-order valence-corrected chi connectivity index (χ3v) is 3.53. The number of rotatable bonds is 9. The minimum Gasteiger partial charge on any atom is -0.504 e. The van der Waals surface area contributed by atoms with Crippen LogP contribution < -0.4 is 0 Å². The topological polar surface area (TPSA) is 121 Å². The van der Waals surface area contributed by atoms with Gasteiger partial charge in [-0.2, -0.15) is 0 Å². The van der Waals surface area contributed by atoms with E-state index in [-0.39, 0.29) is 12.0 Å². The quantitative estimate of drug-likeness (QED) is 0.277.